The summed E-state index contributed by atoms with van der Waals surface area (Å²) in [5.74, 6) is 1.66. The molecule has 0 saturated heterocycles. The lowest BCUT2D eigenvalue weighted by molar-refractivity contribution is 0.627. The van der Waals surface area contributed by atoms with Crippen molar-refractivity contribution in [1.29, 1.82) is 0 Å². The molecule has 0 bridgehead atoms. The Morgan fingerprint density at radius 3 is 2.62 bits per heavy atom. The van der Waals surface area contributed by atoms with Gasteiger partial charge in [0.25, 0.3) is 0 Å². The summed E-state index contributed by atoms with van der Waals surface area (Å²) in [5.41, 5.74) is 2.83. The number of aromatic nitrogens is 2. The summed E-state index contributed by atoms with van der Waals surface area (Å²) in [6, 6.07) is 6.78. The van der Waals surface area contributed by atoms with Crippen LogP contribution in [0, 0.1) is 12.7 Å². The Kier molecular flexibility index (Phi) is 3.86. The zero-order valence-electron chi connectivity index (χ0n) is 12.5. The molecule has 1 aliphatic carbocycles. The second-order valence-electron chi connectivity index (χ2n) is 5.69. The van der Waals surface area contributed by atoms with Crippen LogP contribution in [0.1, 0.15) is 42.9 Å². The first-order chi connectivity index (χ1) is 10.2. The minimum atomic E-state index is -0.253. The molecule has 1 saturated carbocycles. The van der Waals surface area contributed by atoms with Crippen LogP contribution in [0.4, 0.5) is 10.2 Å². The molecule has 1 aromatic heterocycles. The van der Waals surface area contributed by atoms with E-state index in [1.54, 1.807) is 6.07 Å². The van der Waals surface area contributed by atoms with E-state index in [2.05, 4.69) is 10.3 Å². The van der Waals surface area contributed by atoms with Gasteiger partial charge in [0, 0.05) is 30.3 Å². The highest BCUT2D eigenvalue weighted by Crippen LogP contribution is 2.35. The highest BCUT2D eigenvalue weighted by atomic mass is 19.1. The van der Waals surface area contributed by atoms with Gasteiger partial charge in [0.2, 0.25) is 0 Å². The molecule has 3 nitrogen and oxygen atoms in total. The zero-order chi connectivity index (χ0) is 14.8. The van der Waals surface area contributed by atoms with Gasteiger partial charge in [0.05, 0.1) is 0 Å². The Balaban J connectivity index is 2.08. The fraction of sp³-hybridized carbons (Fsp3) is 0.412. The molecule has 0 aliphatic heterocycles. The molecule has 1 fully saturated rings. The van der Waals surface area contributed by atoms with Crippen molar-refractivity contribution in [2.24, 2.45) is 0 Å². The summed E-state index contributed by atoms with van der Waals surface area (Å²) in [6.45, 7) is 1.96. The second-order valence-corrected chi connectivity index (χ2v) is 5.69. The summed E-state index contributed by atoms with van der Waals surface area (Å²) in [7, 11) is 1.85. The maximum Gasteiger partial charge on any atom is 0.162 e. The maximum absolute atomic E-state index is 13.5. The number of nitrogens with one attached hydrogen (secondary N) is 1. The number of aryl methyl sites for hydroxylation is 1. The first-order valence-electron chi connectivity index (χ1n) is 7.50. The van der Waals surface area contributed by atoms with Crippen LogP contribution in [-0.4, -0.2) is 17.0 Å². The fourth-order valence-corrected chi connectivity index (χ4v) is 2.98. The van der Waals surface area contributed by atoms with Crippen LogP contribution >= 0.6 is 0 Å². The van der Waals surface area contributed by atoms with Crippen LogP contribution in [0.25, 0.3) is 11.4 Å². The molecule has 1 aromatic carbocycles. The lowest BCUT2D eigenvalue weighted by Gasteiger charge is -2.13. The Bertz CT molecular complexity index is 648. The summed E-state index contributed by atoms with van der Waals surface area (Å²) in [5, 5.41) is 3.09. The van der Waals surface area contributed by atoms with Crippen molar-refractivity contribution in [3.05, 3.63) is 41.3 Å². The van der Waals surface area contributed by atoms with Crippen molar-refractivity contribution in [2.75, 3.05) is 12.4 Å². The third-order valence-corrected chi connectivity index (χ3v) is 4.22. The summed E-state index contributed by atoms with van der Waals surface area (Å²) >= 11 is 0. The first kappa shape index (κ1) is 14.0. The van der Waals surface area contributed by atoms with Crippen molar-refractivity contribution < 1.29 is 4.39 Å². The lowest BCUT2D eigenvalue weighted by atomic mass is 10.0. The summed E-state index contributed by atoms with van der Waals surface area (Å²) < 4.78 is 13.5. The highest BCUT2D eigenvalue weighted by Gasteiger charge is 2.20. The van der Waals surface area contributed by atoms with E-state index in [1.165, 1.54) is 37.8 Å². The Hall–Kier alpha value is -1.97. The van der Waals surface area contributed by atoms with Crippen molar-refractivity contribution in [3.8, 4) is 11.4 Å². The summed E-state index contributed by atoms with van der Waals surface area (Å²) in [6.07, 6.45) is 4.89. The smallest absolute Gasteiger partial charge is 0.162 e. The van der Waals surface area contributed by atoms with E-state index in [4.69, 9.17) is 4.98 Å². The first-order valence-corrected chi connectivity index (χ1v) is 7.50. The van der Waals surface area contributed by atoms with Crippen LogP contribution < -0.4 is 5.32 Å². The van der Waals surface area contributed by atoms with E-state index in [-0.39, 0.29) is 5.82 Å². The van der Waals surface area contributed by atoms with E-state index in [0.717, 1.165) is 22.6 Å². The molecule has 0 unspecified atom stereocenters. The SMILES string of the molecule is CNc1cc(C2CCCC2)nc(-c2cc(F)ccc2C)n1. The van der Waals surface area contributed by atoms with Gasteiger partial charge in [-0.1, -0.05) is 18.9 Å². The van der Waals surface area contributed by atoms with E-state index in [1.807, 2.05) is 20.0 Å². The number of halogens is 1. The molecule has 1 N–H and O–H groups in total. The predicted molar refractivity (Wildman–Crippen MR) is 82.9 cm³/mol. The third-order valence-electron chi connectivity index (χ3n) is 4.22. The number of hydrogen-bond donors (Lipinski definition) is 1. The molecule has 0 radical (unpaired) electrons. The van der Waals surface area contributed by atoms with Crippen LogP contribution in [-0.2, 0) is 0 Å². The highest BCUT2D eigenvalue weighted by molar-refractivity contribution is 5.62. The average molecular weight is 285 g/mol. The molecule has 1 aliphatic rings. The Morgan fingerprint density at radius 2 is 1.90 bits per heavy atom. The van der Waals surface area contributed by atoms with E-state index < -0.39 is 0 Å². The van der Waals surface area contributed by atoms with Gasteiger partial charge in [-0.05, 0) is 37.5 Å². The molecular formula is C17H20FN3. The minimum Gasteiger partial charge on any atom is -0.373 e. The minimum absolute atomic E-state index is 0.253. The van der Waals surface area contributed by atoms with Crippen molar-refractivity contribution >= 4 is 5.82 Å². The van der Waals surface area contributed by atoms with Crippen LogP contribution in [0.3, 0.4) is 0 Å². The Morgan fingerprint density at radius 1 is 1.14 bits per heavy atom. The number of rotatable bonds is 3. The zero-order valence-corrected chi connectivity index (χ0v) is 12.5. The van der Waals surface area contributed by atoms with Gasteiger partial charge in [0.15, 0.2) is 5.82 Å². The fourth-order valence-electron chi connectivity index (χ4n) is 2.98. The summed E-state index contributed by atoms with van der Waals surface area (Å²) in [4.78, 5) is 9.22. The molecule has 0 atom stereocenters. The largest absolute Gasteiger partial charge is 0.373 e. The molecule has 110 valence electrons. The van der Waals surface area contributed by atoms with Gasteiger partial charge < -0.3 is 5.32 Å². The molecule has 0 spiro atoms. The standard InChI is InChI=1S/C17H20FN3/c1-11-7-8-13(18)9-14(11)17-20-15(10-16(19-2)21-17)12-5-3-4-6-12/h7-10,12H,3-6H2,1-2H3,(H,19,20,21). The molecule has 21 heavy (non-hydrogen) atoms. The average Bonchev–Trinajstić information content (AvgIpc) is 3.03. The monoisotopic (exact) mass is 285 g/mol. The van der Waals surface area contributed by atoms with Gasteiger partial charge in [-0.15, -0.1) is 0 Å². The van der Waals surface area contributed by atoms with Gasteiger partial charge >= 0.3 is 0 Å². The molecular weight excluding hydrogens is 265 g/mol. The normalized spacial score (nSPS) is 15.4. The topological polar surface area (TPSA) is 37.8 Å². The second kappa shape index (κ2) is 5.80. The van der Waals surface area contributed by atoms with Gasteiger partial charge in [-0.3, -0.25) is 0 Å². The third kappa shape index (κ3) is 2.89. The number of benzene rings is 1. The number of hydrogen-bond acceptors (Lipinski definition) is 3. The van der Waals surface area contributed by atoms with Gasteiger partial charge in [-0.2, -0.15) is 0 Å². The van der Waals surface area contributed by atoms with E-state index >= 15 is 0 Å². The molecule has 0 amide bonds. The van der Waals surface area contributed by atoms with Crippen molar-refractivity contribution in [2.45, 2.75) is 38.5 Å². The molecule has 4 heteroatoms. The van der Waals surface area contributed by atoms with Gasteiger partial charge in [-0.25, -0.2) is 14.4 Å². The van der Waals surface area contributed by atoms with Crippen LogP contribution in [0.2, 0.25) is 0 Å². The van der Waals surface area contributed by atoms with Crippen LogP contribution in [0.15, 0.2) is 24.3 Å². The number of anilines is 1. The molecule has 1 heterocycles. The Labute approximate surface area is 124 Å². The molecule has 3 rings (SSSR count). The lowest BCUT2D eigenvalue weighted by Crippen LogP contribution is -2.04. The molecule has 2 aromatic rings. The quantitative estimate of drug-likeness (QED) is 0.914. The van der Waals surface area contributed by atoms with E-state index in [0.29, 0.717) is 11.7 Å². The van der Waals surface area contributed by atoms with Gasteiger partial charge in [0.1, 0.15) is 11.6 Å². The van der Waals surface area contributed by atoms with Crippen LogP contribution in [0.5, 0.6) is 0 Å². The van der Waals surface area contributed by atoms with Crippen molar-refractivity contribution in [3.63, 3.8) is 0 Å². The van der Waals surface area contributed by atoms with E-state index in [9.17, 15) is 4.39 Å². The maximum atomic E-state index is 13.5. The number of nitrogens with zero attached hydrogens (tertiary/aromatic N) is 2. The van der Waals surface area contributed by atoms with Crippen molar-refractivity contribution in [1.82, 2.24) is 9.97 Å². The predicted octanol–water partition coefficient (Wildman–Crippen LogP) is 4.29.